The largest absolute Gasteiger partial charge is 0.388 e. The smallest absolute Gasteiger partial charge is 0.126 e. The molecule has 106 valence electrons. The molecule has 1 N–H and O–H groups in total. The predicted molar refractivity (Wildman–Crippen MR) is 70.8 cm³/mol. The first-order valence-corrected chi connectivity index (χ1v) is 6.91. The molecule has 4 heteroatoms. The number of hydrogen-bond acceptors (Lipinski definition) is 2. The van der Waals surface area contributed by atoms with Crippen LogP contribution in [0.2, 0.25) is 0 Å². The fourth-order valence-corrected chi connectivity index (χ4v) is 2.73. The van der Waals surface area contributed by atoms with Crippen molar-refractivity contribution in [2.45, 2.75) is 32.3 Å². The standard InChI is InChI=1S/C15H21F2NO/c1-11-3-2-5-18(10-11)6-4-15(19)12-7-13(16)9-14(17)8-12/h7-9,11,15,19H,2-6,10H2,1H3. The van der Waals surface area contributed by atoms with Crippen LogP contribution in [0.5, 0.6) is 0 Å². The first-order valence-electron chi connectivity index (χ1n) is 6.91. The normalized spacial score (nSPS) is 22.4. The van der Waals surface area contributed by atoms with Gasteiger partial charge in [-0.1, -0.05) is 6.92 Å². The second-order valence-electron chi connectivity index (χ2n) is 5.56. The molecule has 1 aromatic carbocycles. The van der Waals surface area contributed by atoms with E-state index in [1.807, 2.05) is 0 Å². The maximum atomic E-state index is 13.1. The average molecular weight is 269 g/mol. The van der Waals surface area contributed by atoms with Gasteiger partial charge < -0.3 is 10.0 Å². The van der Waals surface area contributed by atoms with Crippen molar-refractivity contribution in [1.82, 2.24) is 4.90 Å². The topological polar surface area (TPSA) is 23.5 Å². The molecule has 1 saturated heterocycles. The Morgan fingerprint density at radius 2 is 2.00 bits per heavy atom. The minimum Gasteiger partial charge on any atom is -0.388 e. The Kier molecular flexibility index (Phi) is 4.88. The Labute approximate surface area is 113 Å². The van der Waals surface area contributed by atoms with Crippen LogP contribution in [0, 0.1) is 17.6 Å². The molecule has 1 heterocycles. The van der Waals surface area contributed by atoms with E-state index in [9.17, 15) is 13.9 Å². The molecule has 2 atom stereocenters. The maximum absolute atomic E-state index is 13.1. The zero-order valence-electron chi connectivity index (χ0n) is 11.3. The number of aliphatic hydroxyl groups is 1. The van der Waals surface area contributed by atoms with E-state index in [1.165, 1.54) is 25.0 Å². The van der Waals surface area contributed by atoms with E-state index in [0.717, 1.165) is 25.7 Å². The molecule has 0 radical (unpaired) electrons. The number of hydrogen-bond donors (Lipinski definition) is 1. The molecular formula is C15H21F2NO. The third kappa shape index (κ3) is 4.25. The fraction of sp³-hybridized carbons (Fsp3) is 0.600. The summed E-state index contributed by atoms with van der Waals surface area (Å²) in [6, 6.07) is 3.22. The maximum Gasteiger partial charge on any atom is 0.126 e. The van der Waals surface area contributed by atoms with Gasteiger partial charge >= 0.3 is 0 Å². The SMILES string of the molecule is CC1CCCN(CCC(O)c2cc(F)cc(F)c2)C1. The van der Waals surface area contributed by atoms with Crippen LogP contribution in [0.4, 0.5) is 8.78 Å². The number of rotatable bonds is 4. The van der Waals surface area contributed by atoms with Crippen LogP contribution in [0.1, 0.15) is 37.9 Å². The minimum absolute atomic E-state index is 0.322. The summed E-state index contributed by atoms with van der Waals surface area (Å²) in [5.74, 6) is -0.584. The van der Waals surface area contributed by atoms with Crippen LogP contribution in [-0.4, -0.2) is 29.6 Å². The molecule has 1 aliphatic heterocycles. The van der Waals surface area contributed by atoms with Crippen molar-refractivity contribution < 1.29 is 13.9 Å². The van der Waals surface area contributed by atoms with E-state index in [1.54, 1.807) is 0 Å². The molecule has 2 rings (SSSR count). The molecular weight excluding hydrogens is 248 g/mol. The lowest BCUT2D eigenvalue weighted by atomic mass is 9.99. The number of piperidine rings is 1. The van der Waals surface area contributed by atoms with Crippen LogP contribution in [0.3, 0.4) is 0 Å². The van der Waals surface area contributed by atoms with Gasteiger partial charge in [-0.2, -0.15) is 0 Å². The number of benzene rings is 1. The van der Waals surface area contributed by atoms with Gasteiger partial charge in [0.2, 0.25) is 0 Å². The average Bonchev–Trinajstić information content (AvgIpc) is 2.35. The fourth-order valence-electron chi connectivity index (χ4n) is 2.73. The highest BCUT2D eigenvalue weighted by Crippen LogP contribution is 2.21. The monoisotopic (exact) mass is 269 g/mol. The summed E-state index contributed by atoms with van der Waals surface area (Å²) in [5.41, 5.74) is 0.322. The van der Waals surface area contributed by atoms with Gasteiger partial charge in [-0.25, -0.2) is 8.78 Å². The van der Waals surface area contributed by atoms with Crippen molar-refractivity contribution in [1.29, 1.82) is 0 Å². The van der Waals surface area contributed by atoms with Crippen molar-refractivity contribution >= 4 is 0 Å². The second-order valence-corrected chi connectivity index (χ2v) is 5.56. The highest BCUT2D eigenvalue weighted by atomic mass is 19.1. The summed E-state index contributed by atoms with van der Waals surface area (Å²) in [6.45, 7) is 5.09. The zero-order valence-corrected chi connectivity index (χ0v) is 11.3. The molecule has 1 aliphatic rings. The Balaban J connectivity index is 1.88. The molecule has 2 unspecified atom stereocenters. The summed E-state index contributed by atoms with van der Waals surface area (Å²) in [7, 11) is 0. The van der Waals surface area contributed by atoms with Crippen LogP contribution >= 0.6 is 0 Å². The lowest BCUT2D eigenvalue weighted by molar-refractivity contribution is 0.121. The van der Waals surface area contributed by atoms with E-state index in [-0.39, 0.29) is 0 Å². The Bertz CT molecular complexity index is 404. The van der Waals surface area contributed by atoms with Crippen molar-refractivity contribution in [3.63, 3.8) is 0 Å². The van der Waals surface area contributed by atoms with Gasteiger partial charge in [-0.15, -0.1) is 0 Å². The van der Waals surface area contributed by atoms with Gasteiger partial charge in [-0.05, 0) is 49.4 Å². The van der Waals surface area contributed by atoms with E-state index in [0.29, 0.717) is 17.9 Å². The molecule has 0 bridgehead atoms. The van der Waals surface area contributed by atoms with E-state index >= 15 is 0 Å². The van der Waals surface area contributed by atoms with Gasteiger partial charge in [0.25, 0.3) is 0 Å². The third-order valence-electron chi connectivity index (χ3n) is 3.73. The lowest BCUT2D eigenvalue weighted by Gasteiger charge is -2.31. The Morgan fingerprint density at radius 3 is 2.63 bits per heavy atom. The van der Waals surface area contributed by atoms with E-state index in [4.69, 9.17) is 0 Å². The summed E-state index contributed by atoms with van der Waals surface area (Å²) in [6.07, 6.45) is 2.15. The Hall–Kier alpha value is -1.00. The molecule has 0 saturated carbocycles. The van der Waals surface area contributed by atoms with Crippen LogP contribution in [-0.2, 0) is 0 Å². The summed E-state index contributed by atoms with van der Waals surface area (Å²) >= 11 is 0. The van der Waals surface area contributed by atoms with Crippen LogP contribution in [0.25, 0.3) is 0 Å². The predicted octanol–water partition coefficient (Wildman–Crippen LogP) is 3.12. The van der Waals surface area contributed by atoms with Crippen LogP contribution in [0.15, 0.2) is 18.2 Å². The van der Waals surface area contributed by atoms with Crippen molar-refractivity contribution in [2.75, 3.05) is 19.6 Å². The molecule has 0 spiro atoms. The van der Waals surface area contributed by atoms with Gasteiger partial charge in [0.1, 0.15) is 11.6 Å². The molecule has 1 aromatic rings. The van der Waals surface area contributed by atoms with E-state index in [2.05, 4.69) is 11.8 Å². The van der Waals surface area contributed by atoms with Crippen molar-refractivity contribution in [3.8, 4) is 0 Å². The van der Waals surface area contributed by atoms with Crippen molar-refractivity contribution in [2.24, 2.45) is 5.92 Å². The van der Waals surface area contributed by atoms with Gasteiger partial charge in [-0.3, -0.25) is 0 Å². The van der Waals surface area contributed by atoms with E-state index < -0.39 is 17.7 Å². The summed E-state index contributed by atoms with van der Waals surface area (Å²) in [4.78, 5) is 2.31. The van der Waals surface area contributed by atoms with Gasteiger partial charge in [0, 0.05) is 19.2 Å². The molecule has 0 aromatic heterocycles. The molecule has 2 nitrogen and oxygen atoms in total. The molecule has 1 fully saturated rings. The second kappa shape index (κ2) is 6.44. The number of halogens is 2. The first-order chi connectivity index (χ1) is 9.04. The van der Waals surface area contributed by atoms with Gasteiger partial charge in [0.15, 0.2) is 0 Å². The number of nitrogens with zero attached hydrogens (tertiary/aromatic N) is 1. The van der Waals surface area contributed by atoms with Crippen molar-refractivity contribution in [3.05, 3.63) is 35.4 Å². The molecule has 19 heavy (non-hydrogen) atoms. The number of likely N-dealkylation sites (tertiary alicyclic amines) is 1. The number of aliphatic hydroxyl groups excluding tert-OH is 1. The highest BCUT2D eigenvalue weighted by Gasteiger charge is 2.18. The Morgan fingerprint density at radius 1 is 1.32 bits per heavy atom. The lowest BCUT2D eigenvalue weighted by Crippen LogP contribution is -2.35. The highest BCUT2D eigenvalue weighted by molar-refractivity contribution is 5.20. The summed E-state index contributed by atoms with van der Waals surface area (Å²) < 4.78 is 26.1. The molecule has 0 amide bonds. The van der Waals surface area contributed by atoms with Gasteiger partial charge in [0.05, 0.1) is 6.10 Å². The molecule has 0 aliphatic carbocycles. The zero-order chi connectivity index (χ0) is 13.8. The first kappa shape index (κ1) is 14.4. The van der Waals surface area contributed by atoms with Crippen LogP contribution < -0.4 is 0 Å². The summed E-state index contributed by atoms with van der Waals surface area (Å²) in [5, 5.41) is 10.0. The minimum atomic E-state index is -0.803. The quantitative estimate of drug-likeness (QED) is 0.907. The third-order valence-corrected chi connectivity index (χ3v) is 3.73.